The molecule has 0 aromatic carbocycles. The number of likely N-dealkylation sites (tertiary alicyclic amines) is 1. The van der Waals surface area contributed by atoms with Gasteiger partial charge in [0.15, 0.2) is 0 Å². The standard InChI is InChI=1S/C15H25F2NO/c16-15(17)8-2-5-14(11-15)19-13-6-9-18(10-7-13)12-3-1-4-12/h12-14H,1-11H2. The largest absolute Gasteiger partial charge is 0.375 e. The molecule has 4 heteroatoms. The molecule has 1 atom stereocenters. The third kappa shape index (κ3) is 3.46. The summed E-state index contributed by atoms with van der Waals surface area (Å²) in [6, 6.07) is 0.806. The lowest BCUT2D eigenvalue weighted by Gasteiger charge is -2.42. The number of nitrogens with zero attached hydrogens (tertiary/aromatic N) is 1. The van der Waals surface area contributed by atoms with E-state index in [2.05, 4.69) is 4.90 Å². The van der Waals surface area contributed by atoms with Crippen molar-refractivity contribution in [2.24, 2.45) is 0 Å². The molecule has 1 unspecified atom stereocenters. The van der Waals surface area contributed by atoms with Gasteiger partial charge >= 0.3 is 0 Å². The van der Waals surface area contributed by atoms with Crippen LogP contribution in [0.3, 0.4) is 0 Å². The molecule has 2 aliphatic carbocycles. The first kappa shape index (κ1) is 13.7. The van der Waals surface area contributed by atoms with E-state index in [0.717, 1.165) is 38.4 Å². The molecule has 0 bridgehead atoms. The van der Waals surface area contributed by atoms with Gasteiger partial charge < -0.3 is 9.64 Å². The van der Waals surface area contributed by atoms with E-state index >= 15 is 0 Å². The van der Waals surface area contributed by atoms with Gasteiger partial charge in [-0.05, 0) is 38.5 Å². The number of ether oxygens (including phenoxy) is 1. The Hall–Kier alpha value is -0.220. The molecule has 19 heavy (non-hydrogen) atoms. The van der Waals surface area contributed by atoms with Crippen molar-refractivity contribution in [3.8, 4) is 0 Å². The second-order valence-electron chi connectivity index (χ2n) is 6.53. The second kappa shape index (κ2) is 5.65. The van der Waals surface area contributed by atoms with Gasteiger partial charge in [0.05, 0.1) is 12.2 Å². The summed E-state index contributed by atoms with van der Waals surface area (Å²) >= 11 is 0. The summed E-state index contributed by atoms with van der Waals surface area (Å²) in [6.45, 7) is 2.19. The molecule has 0 radical (unpaired) electrons. The summed E-state index contributed by atoms with van der Waals surface area (Å²) in [5, 5.41) is 0. The smallest absolute Gasteiger partial charge is 0.250 e. The van der Waals surface area contributed by atoms with E-state index in [4.69, 9.17) is 4.74 Å². The Bertz CT molecular complexity index is 299. The van der Waals surface area contributed by atoms with Crippen LogP contribution in [0.5, 0.6) is 0 Å². The number of hydrogen-bond acceptors (Lipinski definition) is 2. The van der Waals surface area contributed by atoms with E-state index in [1.165, 1.54) is 19.3 Å². The Morgan fingerprint density at radius 2 is 1.63 bits per heavy atom. The molecule has 0 amide bonds. The third-order valence-electron chi connectivity index (χ3n) is 5.05. The lowest BCUT2D eigenvalue weighted by atomic mass is 9.89. The quantitative estimate of drug-likeness (QED) is 0.779. The van der Waals surface area contributed by atoms with Gasteiger partial charge in [-0.1, -0.05) is 6.42 Å². The van der Waals surface area contributed by atoms with Crippen molar-refractivity contribution in [2.75, 3.05) is 13.1 Å². The summed E-state index contributed by atoms with van der Waals surface area (Å²) in [7, 11) is 0. The lowest BCUT2D eigenvalue weighted by Crippen LogP contribution is -2.47. The van der Waals surface area contributed by atoms with E-state index in [1.807, 2.05) is 0 Å². The van der Waals surface area contributed by atoms with Crippen LogP contribution < -0.4 is 0 Å². The molecule has 110 valence electrons. The maximum absolute atomic E-state index is 13.3. The fourth-order valence-corrected chi connectivity index (χ4v) is 3.64. The van der Waals surface area contributed by atoms with E-state index in [0.29, 0.717) is 6.42 Å². The molecule has 2 nitrogen and oxygen atoms in total. The van der Waals surface area contributed by atoms with Crippen LogP contribution in [0.4, 0.5) is 8.78 Å². The Labute approximate surface area is 114 Å². The number of halogens is 2. The van der Waals surface area contributed by atoms with Crippen LogP contribution in [0.25, 0.3) is 0 Å². The van der Waals surface area contributed by atoms with E-state index < -0.39 is 5.92 Å². The van der Waals surface area contributed by atoms with Gasteiger partial charge in [0.25, 0.3) is 5.92 Å². The van der Waals surface area contributed by atoms with Crippen molar-refractivity contribution in [1.29, 1.82) is 0 Å². The van der Waals surface area contributed by atoms with Crippen molar-refractivity contribution in [3.05, 3.63) is 0 Å². The van der Waals surface area contributed by atoms with Crippen LogP contribution in [0.15, 0.2) is 0 Å². The molecule has 0 N–H and O–H groups in total. The summed E-state index contributed by atoms with van der Waals surface area (Å²) < 4.78 is 32.6. The zero-order chi connectivity index (χ0) is 13.3. The van der Waals surface area contributed by atoms with Gasteiger partial charge in [-0.15, -0.1) is 0 Å². The minimum absolute atomic E-state index is 0.0486. The normalized spacial score (nSPS) is 34.1. The third-order valence-corrected chi connectivity index (χ3v) is 5.05. The van der Waals surface area contributed by atoms with Crippen molar-refractivity contribution in [1.82, 2.24) is 4.90 Å². The summed E-state index contributed by atoms with van der Waals surface area (Å²) in [6.07, 6.45) is 7.55. The number of piperidine rings is 1. The van der Waals surface area contributed by atoms with Crippen LogP contribution >= 0.6 is 0 Å². The van der Waals surface area contributed by atoms with E-state index in [-0.39, 0.29) is 25.0 Å². The molecule has 3 rings (SSSR count). The predicted molar refractivity (Wildman–Crippen MR) is 70.5 cm³/mol. The zero-order valence-electron chi connectivity index (χ0n) is 11.6. The van der Waals surface area contributed by atoms with Crippen molar-refractivity contribution in [3.63, 3.8) is 0 Å². The molecule has 3 fully saturated rings. The minimum Gasteiger partial charge on any atom is -0.375 e. The Morgan fingerprint density at radius 3 is 2.21 bits per heavy atom. The van der Waals surface area contributed by atoms with Gasteiger partial charge in [-0.2, -0.15) is 0 Å². The maximum atomic E-state index is 13.3. The highest BCUT2D eigenvalue weighted by molar-refractivity contribution is 4.85. The zero-order valence-corrected chi connectivity index (χ0v) is 11.6. The lowest BCUT2D eigenvalue weighted by molar-refractivity contribution is -0.126. The maximum Gasteiger partial charge on any atom is 0.250 e. The Morgan fingerprint density at radius 1 is 0.895 bits per heavy atom. The van der Waals surface area contributed by atoms with Gasteiger partial charge in [0.2, 0.25) is 0 Å². The number of rotatable bonds is 3. The van der Waals surface area contributed by atoms with Gasteiger partial charge in [-0.25, -0.2) is 8.78 Å². The fraction of sp³-hybridized carbons (Fsp3) is 1.00. The van der Waals surface area contributed by atoms with Gasteiger partial charge in [0.1, 0.15) is 0 Å². The van der Waals surface area contributed by atoms with E-state index in [1.54, 1.807) is 0 Å². The molecule has 3 aliphatic rings. The van der Waals surface area contributed by atoms with E-state index in [9.17, 15) is 8.78 Å². The topological polar surface area (TPSA) is 12.5 Å². The van der Waals surface area contributed by atoms with Crippen LogP contribution in [0.1, 0.15) is 57.8 Å². The molecule has 0 aromatic heterocycles. The Kier molecular flexibility index (Phi) is 4.08. The van der Waals surface area contributed by atoms with Crippen LogP contribution in [-0.2, 0) is 4.74 Å². The highest BCUT2D eigenvalue weighted by Crippen LogP contribution is 2.36. The summed E-state index contributed by atoms with van der Waals surface area (Å²) in [5.74, 6) is -2.49. The minimum atomic E-state index is -2.49. The van der Waals surface area contributed by atoms with Crippen LogP contribution in [-0.4, -0.2) is 42.2 Å². The summed E-state index contributed by atoms with van der Waals surface area (Å²) in [5.41, 5.74) is 0. The SMILES string of the molecule is FC1(F)CCCC(OC2CCN(C3CCC3)CC2)C1. The van der Waals surface area contributed by atoms with Crippen molar-refractivity contribution < 1.29 is 13.5 Å². The first-order chi connectivity index (χ1) is 9.12. The predicted octanol–water partition coefficient (Wildman–Crippen LogP) is 3.60. The van der Waals surface area contributed by atoms with Gasteiger partial charge in [0, 0.05) is 32.0 Å². The fourth-order valence-electron chi connectivity index (χ4n) is 3.64. The molecule has 0 aromatic rings. The first-order valence-corrected chi connectivity index (χ1v) is 7.90. The molecule has 2 saturated carbocycles. The monoisotopic (exact) mass is 273 g/mol. The molecule has 0 spiro atoms. The molecule has 1 aliphatic heterocycles. The average Bonchev–Trinajstić information content (AvgIpc) is 2.28. The summed E-state index contributed by atoms with van der Waals surface area (Å²) in [4.78, 5) is 2.57. The van der Waals surface area contributed by atoms with Crippen molar-refractivity contribution >= 4 is 0 Å². The van der Waals surface area contributed by atoms with Crippen LogP contribution in [0, 0.1) is 0 Å². The van der Waals surface area contributed by atoms with Crippen molar-refractivity contribution in [2.45, 2.75) is 82.0 Å². The molecular formula is C15H25F2NO. The molecular weight excluding hydrogens is 248 g/mol. The second-order valence-corrected chi connectivity index (χ2v) is 6.53. The highest BCUT2D eigenvalue weighted by atomic mass is 19.3. The molecule has 1 saturated heterocycles. The number of hydrogen-bond donors (Lipinski definition) is 0. The molecule has 1 heterocycles. The van der Waals surface area contributed by atoms with Gasteiger partial charge in [-0.3, -0.25) is 0 Å². The Balaban J connectivity index is 1.41. The average molecular weight is 273 g/mol. The first-order valence-electron chi connectivity index (χ1n) is 7.90. The van der Waals surface area contributed by atoms with Crippen LogP contribution in [0.2, 0.25) is 0 Å². The number of alkyl halides is 2. The highest BCUT2D eigenvalue weighted by Gasteiger charge is 2.38.